The van der Waals surface area contributed by atoms with Gasteiger partial charge in [-0.3, -0.25) is 0 Å². The summed E-state index contributed by atoms with van der Waals surface area (Å²) in [6, 6.07) is 9.09. The molecule has 0 atom stereocenters. The molecule has 0 bridgehead atoms. The number of aryl methyl sites for hydroxylation is 1. The average Bonchev–Trinajstić information content (AvgIpc) is 2.74. The van der Waals surface area contributed by atoms with E-state index in [4.69, 9.17) is 4.74 Å². The first-order valence-corrected chi connectivity index (χ1v) is 9.52. The Balaban J connectivity index is 1.68. The van der Waals surface area contributed by atoms with Crippen molar-refractivity contribution in [3.05, 3.63) is 83.2 Å². The van der Waals surface area contributed by atoms with E-state index >= 15 is 0 Å². The number of benzene rings is 3. The van der Waals surface area contributed by atoms with Crippen molar-refractivity contribution in [1.82, 2.24) is 0 Å². The van der Waals surface area contributed by atoms with Crippen molar-refractivity contribution in [2.75, 3.05) is 6.61 Å². The molecule has 9 heteroatoms. The molecule has 2 nitrogen and oxygen atoms in total. The monoisotopic (exact) mass is 458 g/mol. The van der Waals surface area contributed by atoms with E-state index in [1.165, 1.54) is 36.4 Å². The summed E-state index contributed by atoms with van der Waals surface area (Å²) in [5, 5.41) is 0. The lowest BCUT2D eigenvalue weighted by Gasteiger charge is -2.18. The Morgan fingerprint density at radius 3 is 2.00 bits per heavy atom. The molecule has 0 aliphatic heterocycles. The largest absolute Gasteiger partial charge is 0.491 e. The van der Waals surface area contributed by atoms with Crippen LogP contribution in [0.15, 0.2) is 48.5 Å². The second kappa shape index (κ2) is 9.50. The van der Waals surface area contributed by atoms with Crippen LogP contribution in [-0.2, 0) is 6.42 Å². The van der Waals surface area contributed by atoms with Crippen molar-refractivity contribution in [3.63, 3.8) is 0 Å². The fourth-order valence-electron chi connectivity index (χ4n) is 2.98. The number of ether oxygens (including phenoxy) is 2. The molecule has 0 saturated heterocycles. The summed E-state index contributed by atoms with van der Waals surface area (Å²) in [5.74, 6) is -8.37. The van der Waals surface area contributed by atoms with Crippen molar-refractivity contribution in [3.8, 4) is 22.6 Å². The first kappa shape index (κ1) is 23.4. The normalized spacial score (nSPS) is 11.5. The second-order valence-corrected chi connectivity index (χ2v) is 6.81. The highest BCUT2D eigenvalue weighted by atomic mass is 19.3. The number of hydrogen-bond acceptors (Lipinski definition) is 2. The zero-order valence-electron chi connectivity index (χ0n) is 16.7. The zero-order valence-corrected chi connectivity index (χ0v) is 16.7. The van der Waals surface area contributed by atoms with Crippen LogP contribution < -0.4 is 9.47 Å². The van der Waals surface area contributed by atoms with Crippen molar-refractivity contribution in [1.29, 1.82) is 0 Å². The van der Waals surface area contributed by atoms with E-state index in [9.17, 15) is 30.7 Å². The van der Waals surface area contributed by atoms with Gasteiger partial charge >= 0.3 is 6.11 Å². The quantitative estimate of drug-likeness (QED) is 0.266. The van der Waals surface area contributed by atoms with Crippen molar-refractivity contribution < 1.29 is 40.2 Å². The van der Waals surface area contributed by atoms with Crippen LogP contribution in [0.2, 0.25) is 0 Å². The molecular weight excluding hydrogens is 441 g/mol. The van der Waals surface area contributed by atoms with Gasteiger partial charge in [-0.05, 0) is 36.6 Å². The summed E-state index contributed by atoms with van der Waals surface area (Å²) in [4.78, 5) is 0. The van der Waals surface area contributed by atoms with Crippen molar-refractivity contribution in [2.45, 2.75) is 25.9 Å². The molecule has 0 radical (unpaired) electrons. The van der Waals surface area contributed by atoms with E-state index in [0.717, 1.165) is 0 Å². The van der Waals surface area contributed by atoms with Gasteiger partial charge in [0.25, 0.3) is 0 Å². The summed E-state index contributed by atoms with van der Waals surface area (Å²) in [6.07, 6.45) is -4.84. The van der Waals surface area contributed by atoms with E-state index in [-0.39, 0.29) is 24.3 Å². The zero-order chi connectivity index (χ0) is 23.5. The summed E-state index contributed by atoms with van der Waals surface area (Å²) in [7, 11) is 0. The molecule has 0 unspecified atom stereocenters. The van der Waals surface area contributed by atoms with E-state index < -0.39 is 47.4 Å². The van der Waals surface area contributed by atoms with Crippen LogP contribution in [-0.4, -0.2) is 12.7 Å². The molecule has 0 aromatic heterocycles. The maximum atomic E-state index is 14.3. The third-order valence-electron chi connectivity index (χ3n) is 4.54. The lowest BCUT2D eigenvalue weighted by molar-refractivity contribution is -0.180. The van der Waals surface area contributed by atoms with Crippen molar-refractivity contribution >= 4 is 0 Å². The van der Waals surface area contributed by atoms with Crippen LogP contribution in [0.4, 0.5) is 30.7 Å². The minimum Gasteiger partial charge on any atom is -0.491 e. The Labute approximate surface area is 179 Å². The molecule has 170 valence electrons. The first-order valence-electron chi connectivity index (χ1n) is 9.52. The third-order valence-corrected chi connectivity index (χ3v) is 4.54. The Hall–Kier alpha value is -3.23. The molecular formula is C23H17F7O2. The topological polar surface area (TPSA) is 18.5 Å². The summed E-state index contributed by atoms with van der Waals surface area (Å²) >= 11 is 0. The highest BCUT2D eigenvalue weighted by molar-refractivity contribution is 5.65. The Morgan fingerprint density at radius 2 is 1.41 bits per heavy atom. The predicted molar refractivity (Wildman–Crippen MR) is 103 cm³/mol. The smallest absolute Gasteiger partial charge is 0.398 e. The van der Waals surface area contributed by atoms with Gasteiger partial charge in [-0.15, -0.1) is 0 Å². The van der Waals surface area contributed by atoms with Crippen LogP contribution >= 0.6 is 0 Å². The maximum absolute atomic E-state index is 14.3. The van der Waals surface area contributed by atoms with Gasteiger partial charge in [-0.1, -0.05) is 24.3 Å². The molecule has 32 heavy (non-hydrogen) atoms. The molecule has 0 spiro atoms. The maximum Gasteiger partial charge on any atom is 0.398 e. The van der Waals surface area contributed by atoms with Crippen LogP contribution in [0, 0.1) is 29.1 Å². The van der Waals surface area contributed by atoms with E-state index in [1.54, 1.807) is 6.92 Å². The van der Waals surface area contributed by atoms with E-state index in [2.05, 4.69) is 4.74 Å². The van der Waals surface area contributed by atoms with Gasteiger partial charge in [0.05, 0.1) is 13.0 Å². The Bertz CT molecular complexity index is 1080. The van der Waals surface area contributed by atoms with Gasteiger partial charge in [0, 0.05) is 17.7 Å². The molecule has 0 N–H and O–H groups in total. The fraction of sp³-hybridized carbons (Fsp3) is 0.217. The Kier molecular flexibility index (Phi) is 6.96. The van der Waals surface area contributed by atoms with Crippen molar-refractivity contribution in [2.24, 2.45) is 0 Å². The second-order valence-electron chi connectivity index (χ2n) is 6.81. The minimum absolute atomic E-state index is 0.0217. The highest BCUT2D eigenvalue weighted by Crippen LogP contribution is 2.31. The summed E-state index contributed by atoms with van der Waals surface area (Å²) in [6.45, 7) is 1.80. The first-order chi connectivity index (χ1) is 15.1. The van der Waals surface area contributed by atoms with Crippen LogP contribution in [0.5, 0.6) is 11.5 Å². The van der Waals surface area contributed by atoms with Gasteiger partial charge in [0.15, 0.2) is 29.0 Å². The number of alkyl halides is 2. The van der Waals surface area contributed by atoms with Crippen LogP contribution in [0.25, 0.3) is 11.1 Å². The minimum atomic E-state index is -3.79. The standard InChI is InChI=1S/C23H17F7O2/c1-2-31-19-8-7-16(20(26)22(19)28)14-5-3-13(4-6-14)9-10-23(29,30)32-15-11-17(24)21(27)18(25)12-15/h3-8,11-12H,2,9-10H2,1H3. The van der Waals surface area contributed by atoms with Gasteiger partial charge < -0.3 is 9.47 Å². The number of hydrogen-bond donors (Lipinski definition) is 0. The molecule has 0 aliphatic rings. The lowest BCUT2D eigenvalue weighted by atomic mass is 10.0. The van der Waals surface area contributed by atoms with Gasteiger partial charge in [0.1, 0.15) is 5.75 Å². The molecule has 0 heterocycles. The number of rotatable bonds is 8. The fourth-order valence-corrected chi connectivity index (χ4v) is 2.98. The van der Waals surface area contributed by atoms with Gasteiger partial charge in [-0.2, -0.15) is 13.2 Å². The molecule has 3 rings (SSSR count). The molecule has 0 fully saturated rings. The molecule has 0 amide bonds. The summed E-state index contributed by atoms with van der Waals surface area (Å²) < 4.78 is 105. The SMILES string of the molecule is CCOc1ccc(-c2ccc(CCC(F)(F)Oc3cc(F)c(F)c(F)c3)cc2)c(F)c1F. The molecule has 3 aromatic carbocycles. The lowest BCUT2D eigenvalue weighted by Crippen LogP contribution is -2.25. The summed E-state index contributed by atoms with van der Waals surface area (Å²) in [5.41, 5.74) is 0.736. The van der Waals surface area contributed by atoms with Gasteiger partial charge in [-0.25, -0.2) is 17.6 Å². The Morgan fingerprint density at radius 1 is 0.781 bits per heavy atom. The molecule has 3 aromatic rings. The molecule has 0 aliphatic carbocycles. The van der Waals surface area contributed by atoms with E-state index in [1.807, 2.05) is 0 Å². The average molecular weight is 458 g/mol. The van der Waals surface area contributed by atoms with E-state index in [0.29, 0.717) is 23.3 Å². The third kappa shape index (κ3) is 5.33. The van der Waals surface area contributed by atoms with Gasteiger partial charge in [0.2, 0.25) is 5.82 Å². The highest BCUT2D eigenvalue weighted by Gasteiger charge is 2.32. The number of halogens is 7. The van der Waals surface area contributed by atoms with Crippen LogP contribution in [0.1, 0.15) is 18.9 Å². The van der Waals surface area contributed by atoms with Crippen LogP contribution in [0.3, 0.4) is 0 Å². The molecule has 0 saturated carbocycles. The predicted octanol–water partition coefficient (Wildman–Crippen LogP) is 7.05.